The number of phenols is 2. The Balaban J connectivity index is 2.14. The lowest BCUT2D eigenvalue weighted by molar-refractivity contribution is -0.385. The molecule has 2 aromatic rings. The number of nitrogens with one attached hydrogen (secondary N) is 1. The second-order valence-electron chi connectivity index (χ2n) is 4.72. The van der Waals surface area contributed by atoms with E-state index in [1.165, 1.54) is 0 Å². The highest BCUT2D eigenvalue weighted by Gasteiger charge is 2.16. The van der Waals surface area contributed by atoms with Gasteiger partial charge in [0.25, 0.3) is 5.91 Å². The van der Waals surface area contributed by atoms with Crippen LogP contribution < -0.4 is 5.43 Å². The van der Waals surface area contributed by atoms with Crippen LogP contribution in [-0.2, 0) is 0 Å². The highest BCUT2D eigenvalue weighted by Crippen LogP contribution is 2.31. The third-order valence-corrected chi connectivity index (χ3v) is 3.00. The molecule has 0 unspecified atom stereocenters. The molecule has 0 aliphatic rings. The molecule has 8 heteroatoms. The lowest BCUT2D eigenvalue weighted by atomic mass is 10.1. The standard InChI is InChI=1S/C15H13N3O5/c1-9-2-4-10(5-3-9)15(21)17-16-8-11-6-12(18(22)23)14(20)7-13(11)19/h2-8,19-20H,1H3,(H,17,21)/b16-8+. The average molecular weight is 315 g/mol. The van der Waals surface area contributed by atoms with E-state index < -0.39 is 28.0 Å². The largest absolute Gasteiger partial charge is 0.507 e. The van der Waals surface area contributed by atoms with Gasteiger partial charge in [-0.25, -0.2) is 5.43 Å². The van der Waals surface area contributed by atoms with E-state index in [0.29, 0.717) is 5.56 Å². The van der Waals surface area contributed by atoms with Crippen molar-refractivity contribution in [1.82, 2.24) is 5.43 Å². The van der Waals surface area contributed by atoms with Gasteiger partial charge in [0, 0.05) is 23.3 Å². The molecular formula is C15H13N3O5. The molecule has 0 aromatic heterocycles. The van der Waals surface area contributed by atoms with E-state index in [1.807, 2.05) is 6.92 Å². The van der Waals surface area contributed by atoms with Crippen LogP contribution in [0.3, 0.4) is 0 Å². The van der Waals surface area contributed by atoms with Crippen LogP contribution in [0.2, 0.25) is 0 Å². The number of carbonyl (C=O) groups is 1. The summed E-state index contributed by atoms with van der Waals surface area (Å²) in [7, 11) is 0. The molecule has 0 aliphatic carbocycles. The Morgan fingerprint density at radius 2 is 1.87 bits per heavy atom. The summed E-state index contributed by atoms with van der Waals surface area (Å²) in [6.07, 6.45) is 1.05. The Labute approximate surface area is 130 Å². The molecule has 3 N–H and O–H groups in total. The molecule has 2 rings (SSSR count). The first-order valence-corrected chi connectivity index (χ1v) is 6.49. The van der Waals surface area contributed by atoms with Crippen molar-refractivity contribution < 1.29 is 19.9 Å². The van der Waals surface area contributed by atoms with Crippen molar-refractivity contribution in [2.24, 2.45) is 5.10 Å². The molecule has 0 heterocycles. The van der Waals surface area contributed by atoms with Crippen molar-refractivity contribution in [3.05, 3.63) is 63.2 Å². The Bertz CT molecular complexity index is 784. The minimum Gasteiger partial charge on any atom is -0.507 e. The zero-order valence-corrected chi connectivity index (χ0v) is 12.1. The SMILES string of the molecule is Cc1ccc(C(=O)N/N=C/c2cc([N+](=O)[O-])c(O)cc2O)cc1. The highest BCUT2D eigenvalue weighted by molar-refractivity contribution is 5.95. The van der Waals surface area contributed by atoms with Gasteiger partial charge in [0.1, 0.15) is 5.75 Å². The average Bonchev–Trinajstić information content (AvgIpc) is 2.49. The number of aromatic hydroxyl groups is 2. The number of amides is 1. The van der Waals surface area contributed by atoms with Crippen LogP contribution in [0, 0.1) is 17.0 Å². The van der Waals surface area contributed by atoms with Gasteiger partial charge in [-0.05, 0) is 19.1 Å². The van der Waals surface area contributed by atoms with Crippen LogP contribution in [0.15, 0.2) is 41.5 Å². The summed E-state index contributed by atoms with van der Waals surface area (Å²) < 4.78 is 0. The number of hydrazone groups is 1. The third-order valence-electron chi connectivity index (χ3n) is 3.00. The molecule has 0 radical (unpaired) electrons. The Kier molecular flexibility index (Phi) is 4.55. The summed E-state index contributed by atoms with van der Waals surface area (Å²) in [5.74, 6) is -1.52. The third kappa shape index (κ3) is 3.82. The number of aryl methyl sites for hydroxylation is 1. The second kappa shape index (κ2) is 6.56. The zero-order chi connectivity index (χ0) is 17.0. The van der Waals surface area contributed by atoms with Crippen LogP contribution in [0.5, 0.6) is 11.5 Å². The van der Waals surface area contributed by atoms with Crippen molar-refractivity contribution in [1.29, 1.82) is 0 Å². The summed E-state index contributed by atoms with van der Waals surface area (Å²) in [5, 5.41) is 33.4. The van der Waals surface area contributed by atoms with Crippen LogP contribution >= 0.6 is 0 Å². The first kappa shape index (κ1) is 16.0. The van der Waals surface area contributed by atoms with Gasteiger partial charge in [0.2, 0.25) is 0 Å². The van der Waals surface area contributed by atoms with Gasteiger partial charge >= 0.3 is 5.69 Å². The van der Waals surface area contributed by atoms with Crippen molar-refractivity contribution in [3.63, 3.8) is 0 Å². The summed E-state index contributed by atoms with van der Waals surface area (Å²) in [6, 6.07) is 8.58. The van der Waals surface area contributed by atoms with Crippen LogP contribution in [0.1, 0.15) is 21.5 Å². The second-order valence-corrected chi connectivity index (χ2v) is 4.72. The van der Waals surface area contributed by atoms with Crippen molar-refractivity contribution >= 4 is 17.8 Å². The van der Waals surface area contributed by atoms with Crippen molar-refractivity contribution in [2.75, 3.05) is 0 Å². The maximum Gasteiger partial charge on any atom is 0.311 e. The molecule has 0 saturated carbocycles. The Morgan fingerprint density at radius 3 is 2.48 bits per heavy atom. The normalized spacial score (nSPS) is 10.7. The molecular weight excluding hydrogens is 302 g/mol. The number of phenolic OH excluding ortho intramolecular Hbond substituents is 2. The molecule has 0 aliphatic heterocycles. The topological polar surface area (TPSA) is 125 Å². The fourth-order valence-corrected chi connectivity index (χ4v) is 1.76. The van der Waals surface area contributed by atoms with Crippen LogP contribution in [0.25, 0.3) is 0 Å². The number of carbonyl (C=O) groups excluding carboxylic acids is 1. The van der Waals surface area contributed by atoms with Gasteiger partial charge in [-0.3, -0.25) is 14.9 Å². The lowest BCUT2D eigenvalue weighted by Gasteiger charge is -2.02. The first-order valence-electron chi connectivity index (χ1n) is 6.49. The molecule has 1 amide bonds. The number of hydrogen-bond acceptors (Lipinski definition) is 6. The van der Waals surface area contributed by atoms with E-state index in [9.17, 15) is 25.1 Å². The monoisotopic (exact) mass is 315 g/mol. The lowest BCUT2D eigenvalue weighted by Crippen LogP contribution is -2.17. The Morgan fingerprint density at radius 1 is 1.22 bits per heavy atom. The fourth-order valence-electron chi connectivity index (χ4n) is 1.76. The number of hydrogen-bond donors (Lipinski definition) is 3. The molecule has 118 valence electrons. The molecule has 0 spiro atoms. The maximum absolute atomic E-state index is 11.8. The summed E-state index contributed by atoms with van der Waals surface area (Å²) in [6.45, 7) is 1.89. The van der Waals surface area contributed by atoms with Gasteiger partial charge in [0.05, 0.1) is 11.1 Å². The van der Waals surface area contributed by atoms with Crippen LogP contribution in [-0.4, -0.2) is 27.3 Å². The molecule has 0 fully saturated rings. The summed E-state index contributed by atoms with van der Waals surface area (Å²) >= 11 is 0. The summed E-state index contributed by atoms with van der Waals surface area (Å²) in [5.41, 5.74) is 3.06. The van der Waals surface area contributed by atoms with Gasteiger partial charge < -0.3 is 10.2 Å². The molecule has 0 bridgehead atoms. The van der Waals surface area contributed by atoms with E-state index in [-0.39, 0.29) is 5.56 Å². The van der Waals surface area contributed by atoms with Crippen molar-refractivity contribution in [2.45, 2.75) is 6.92 Å². The van der Waals surface area contributed by atoms with Gasteiger partial charge in [-0.1, -0.05) is 17.7 Å². The predicted molar refractivity (Wildman–Crippen MR) is 82.7 cm³/mol. The molecule has 0 saturated heterocycles. The molecule has 0 atom stereocenters. The van der Waals surface area contributed by atoms with E-state index in [2.05, 4.69) is 10.5 Å². The number of nitrogens with zero attached hydrogens (tertiary/aromatic N) is 2. The molecule has 8 nitrogen and oxygen atoms in total. The minimum atomic E-state index is -0.795. The quantitative estimate of drug-likeness (QED) is 0.452. The zero-order valence-electron chi connectivity index (χ0n) is 12.1. The van der Waals surface area contributed by atoms with Gasteiger partial charge in [-0.2, -0.15) is 5.10 Å². The van der Waals surface area contributed by atoms with E-state index in [1.54, 1.807) is 24.3 Å². The molecule has 2 aromatic carbocycles. The maximum atomic E-state index is 11.8. The number of nitro groups is 1. The van der Waals surface area contributed by atoms with E-state index in [4.69, 9.17) is 0 Å². The minimum absolute atomic E-state index is 0.0151. The highest BCUT2D eigenvalue weighted by atomic mass is 16.6. The summed E-state index contributed by atoms with van der Waals surface area (Å²) in [4.78, 5) is 21.8. The van der Waals surface area contributed by atoms with Gasteiger partial charge in [-0.15, -0.1) is 0 Å². The first-order chi connectivity index (χ1) is 10.9. The molecule has 23 heavy (non-hydrogen) atoms. The fraction of sp³-hybridized carbons (Fsp3) is 0.0667. The number of nitro benzene ring substituents is 1. The smallest absolute Gasteiger partial charge is 0.311 e. The van der Waals surface area contributed by atoms with Gasteiger partial charge in [0.15, 0.2) is 5.75 Å². The van der Waals surface area contributed by atoms with E-state index >= 15 is 0 Å². The number of rotatable bonds is 4. The van der Waals surface area contributed by atoms with Crippen molar-refractivity contribution in [3.8, 4) is 11.5 Å². The Hall–Kier alpha value is -3.42. The van der Waals surface area contributed by atoms with E-state index in [0.717, 1.165) is 23.9 Å². The number of benzene rings is 2. The predicted octanol–water partition coefficient (Wildman–Crippen LogP) is 2.08. The van der Waals surface area contributed by atoms with Crippen LogP contribution in [0.4, 0.5) is 5.69 Å².